The number of hydrogen-bond acceptors (Lipinski definition) is 7. The van der Waals surface area contributed by atoms with Crippen LogP contribution in [-0.2, 0) is 33.8 Å². The second kappa shape index (κ2) is 10.1. The van der Waals surface area contributed by atoms with Crippen molar-refractivity contribution < 1.29 is 19.1 Å². The van der Waals surface area contributed by atoms with Crippen molar-refractivity contribution in [2.45, 2.75) is 71.8 Å². The lowest BCUT2D eigenvalue weighted by atomic mass is 9.89. The van der Waals surface area contributed by atoms with Crippen LogP contribution in [0.2, 0.25) is 0 Å². The Hall–Kier alpha value is -2.26. The molecule has 0 saturated heterocycles. The number of fused-ring (bicyclic) bond motifs is 1. The molecule has 1 fully saturated rings. The van der Waals surface area contributed by atoms with Crippen LogP contribution in [0.15, 0.2) is 5.38 Å². The zero-order chi connectivity index (χ0) is 22.7. The van der Waals surface area contributed by atoms with Gasteiger partial charge in [0.2, 0.25) is 11.8 Å². The number of amides is 2. The number of thiophene rings is 1. The third-order valence-electron chi connectivity index (χ3n) is 6.16. The van der Waals surface area contributed by atoms with Crippen molar-refractivity contribution in [3.05, 3.63) is 27.1 Å². The van der Waals surface area contributed by atoms with E-state index in [4.69, 9.17) is 4.74 Å². The van der Waals surface area contributed by atoms with Gasteiger partial charge in [0.1, 0.15) is 11.6 Å². The topological polar surface area (TPSA) is 88.6 Å². The summed E-state index contributed by atoms with van der Waals surface area (Å²) in [5, 5.41) is 6.08. The number of aryl methyl sites for hydroxylation is 1. The van der Waals surface area contributed by atoms with Crippen molar-refractivity contribution in [2.24, 2.45) is 5.92 Å². The number of anilines is 2. The molecule has 0 radical (unpaired) electrons. The van der Waals surface area contributed by atoms with E-state index in [1.165, 1.54) is 40.9 Å². The van der Waals surface area contributed by atoms with E-state index >= 15 is 0 Å². The Balaban J connectivity index is 1.46. The first-order valence-corrected chi connectivity index (χ1v) is 13.0. The van der Waals surface area contributed by atoms with Gasteiger partial charge in [-0.3, -0.25) is 14.5 Å². The maximum Gasteiger partial charge on any atom is 0.341 e. The molecule has 2 aromatic rings. The third kappa shape index (κ3) is 4.88. The highest BCUT2D eigenvalue weighted by atomic mass is 32.1. The van der Waals surface area contributed by atoms with E-state index in [0.29, 0.717) is 27.9 Å². The summed E-state index contributed by atoms with van der Waals surface area (Å²) >= 11 is 2.87. The maximum absolute atomic E-state index is 13.1. The fraction of sp³-hybridized carbons (Fsp3) is 0.565. The normalized spacial score (nSPS) is 15.9. The maximum atomic E-state index is 13.1. The zero-order valence-corrected chi connectivity index (χ0v) is 20.2. The molecule has 0 unspecified atom stereocenters. The molecule has 1 N–H and O–H groups in total. The summed E-state index contributed by atoms with van der Waals surface area (Å²) in [4.78, 5) is 44.8. The van der Waals surface area contributed by atoms with Crippen molar-refractivity contribution in [3.8, 4) is 0 Å². The Labute approximate surface area is 196 Å². The van der Waals surface area contributed by atoms with Gasteiger partial charge in [0.05, 0.1) is 11.3 Å². The molecule has 2 heterocycles. The highest BCUT2D eigenvalue weighted by molar-refractivity contribution is 7.17. The summed E-state index contributed by atoms with van der Waals surface area (Å²) in [5.74, 6) is -0.443. The minimum atomic E-state index is -0.420. The number of rotatable bonds is 7. The Bertz CT molecular complexity index is 1010. The summed E-state index contributed by atoms with van der Waals surface area (Å²) in [7, 11) is 0. The number of ether oxygens (including phenoxy) is 1. The second-order valence-electron chi connectivity index (χ2n) is 8.35. The van der Waals surface area contributed by atoms with Gasteiger partial charge in [-0.2, -0.15) is 0 Å². The summed E-state index contributed by atoms with van der Waals surface area (Å²) in [6.07, 6.45) is 7.98. The summed E-state index contributed by atoms with van der Waals surface area (Å²) < 4.78 is 5.61. The van der Waals surface area contributed by atoms with E-state index in [2.05, 4.69) is 10.3 Å². The van der Waals surface area contributed by atoms with Gasteiger partial charge in [-0.25, -0.2) is 9.78 Å². The minimum Gasteiger partial charge on any atom is -0.455 e. The van der Waals surface area contributed by atoms with Crippen molar-refractivity contribution in [2.75, 3.05) is 16.8 Å². The average Bonchev–Trinajstić information content (AvgIpc) is 3.49. The Kier molecular flexibility index (Phi) is 7.25. The number of nitrogens with one attached hydrogen (secondary N) is 1. The largest absolute Gasteiger partial charge is 0.455 e. The quantitative estimate of drug-likeness (QED) is 0.573. The Morgan fingerprint density at radius 3 is 2.69 bits per heavy atom. The van der Waals surface area contributed by atoms with Crippen LogP contribution in [-0.4, -0.2) is 29.3 Å². The van der Waals surface area contributed by atoms with E-state index in [-0.39, 0.29) is 24.3 Å². The van der Waals surface area contributed by atoms with Crippen LogP contribution < -0.4 is 10.2 Å². The van der Waals surface area contributed by atoms with Crippen molar-refractivity contribution >= 4 is 50.6 Å². The fourth-order valence-corrected chi connectivity index (χ4v) is 6.68. The summed E-state index contributed by atoms with van der Waals surface area (Å²) in [5.41, 5.74) is 2.14. The molecular weight excluding hydrogens is 446 g/mol. The summed E-state index contributed by atoms with van der Waals surface area (Å²) in [6.45, 7) is 3.96. The van der Waals surface area contributed by atoms with Gasteiger partial charge in [0.15, 0.2) is 5.13 Å². The highest BCUT2D eigenvalue weighted by Gasteiger charge is 2.30. The lowest BCUT2D eigenvalue weighted by Gasteiger charge is -2.20. The van der Waals surface area contributed by atoms with Crippen LogP contribution in [0.25, 0.3) is 0 Å². The van der Waals surface area contributed by atoms with Crippen LogP contribution in [0.3, 0.4) is 0 Å². The molecule has 1 saturated carbocycles. The van der Waals surface area contributed by atoms with Crippen LogP contribution in [0, 0.1) is 5.92 Å². The van der Waals surface area contributed by atoms with Crippen LogP contribution >= 0.6 is 22.7 Å². The van der Waals surface area contributed by atoms with E-state index in [1.807, 2.05) is 6.92 Å². The molecule has 2 aliphatic carbocycles. The van der Waals surface area contributed by atoms with E-state index in [9.17, 15) is 14.4 Å². The first-order valence-electron chi connectivity index (χ1n) is 11.3. The van der Waals surface area contributed by atoms with Crippen LogP contribution in [0.4, 0.5) is 10.1 Å². The van der Waals surface area contributed by atoms with Gasteiger partial charge in [0.25, 0.3) is 0 Å². The SMILES string of the molecule is CCN(C(C)=O)c1nc(COC(=O)c2c(NC(=O)C3CCCCC3)sc3c2CCC3)cs1. The lowest BCUT2D eigenvalue weighted by Crippen LogP contribution is -2.27. The lowest BCUT2D eigenvalue weighted by molar-refractivity contribution is -0.120. The van der Waals surface area contributed by atoms with Gasteiger partial charge in [-0.05, 0) is 44.6 Å². The molecule has 4 rings (SSSR count). The molecular formula is C23H29N3O4S2. The number of carbonyl (C=O) groups is 3. The van der Waals surface area contributed by atoms with Gasteiger partial charge in [-0.15, -0.1) is 22.7 Å². The highest BCUT2D eigenvalue weighted by Crippen LogP contribution is 2.40. The molecule has 0 bridgehead atoms. The smallest absolute Gasteiger partial charge is 0.341 e. The predicted molar refractivity (Wildman–Crippen MR) is 126 cm³/mol. The number of nitrogens with zero attached hydrogens (tertiary/aromatic N) is 2. The molecule has 0 atom stereocenters. The number of carbonyl (C=O) groups excluding carboxylic acids is 3. The zero-order valence-electron chi connectivity index (χ0n) is 18.6. The molecule has 32 heavy (non-hydrogen) atoms. The van der Waals surface area contributed by atoms with Crippen molar-refractivity contribution in [1.82, 2.24) is 4.98 Å². The Morgan fingerprint density at radius 1 is 1.19 bits per heavy atom. The molecule has 7 nitrogen and oxygen atoms in total. The molecule has 9 heteroatoms. The number of aromatic nitrogens is 1. The van der Waals surface area contributed by atoms with Gasteiger partial charge in [-0.1, -0.05) is 19.3 Å². The van der Waals surface area contributed by atoms with Gasteiger partial charge in [0, 0.05) is 29.6 Å². The molecule has 2 aromatic heterocycles. The monoisotopic (exact) mass is 475 g/mol. The van der Waals surface area contributed by atoms with E-state index in [1.54, 1.807) is 10.3 Å². The van der Waals surface area contributed by atoms with Crippen LogP contribution in [0.5, 0.6) is 0 Å². The second-order valence-corrected chi connectivity index (χ2v) is 10.3. The first-order chi connectivity index (χ1) is 15.5. The predicted octanol–water partition coefficient (Wildman–Crippen LogP) is 4.94. The van der Waals surface area contributed by atoms with Gasteiger partial charge >= 0.3 is 5.97 Å². The number of esters is 1. The number of hydrogen-bond donors (Lipinski definition) is 1. The summed E-state index contributed by atoms with van der Waals surface area (Å²) in [6, 6.07) is 0. The number of thiazole rings is 1. The average molecular weight is 476 g/mol. The molecule has 172 valence electrons. The van der Waals surface area contributed by atoms with Gasteiger partial charge < -0.3 is 10.1 Å². The minimum absolute atomic E-state index is 0.0201. The molecule has 0 spiro atoms. The van der Waals surface area contributed by atoms with E-state index in [0.717, 1.165) is 50.5 Å². The van der Waals surface area contributed by atoms with Crippen molar-refractivity contribution in [3.63, 3.8) is 0 Å². The Morgan fingerprint density at radius 2 is 1.97 bits per heavy atom. The molecule has 2 amide bonds. The van der Waals surface area contributed by atoms with E-state index < -0.39 is 5.97 Å². The standard InChI is InChI=1S/C23H29N3O4S2/c1-3-26(14(2)27)23-24-16(13-31-23)12-30-22(29)19-17-10-7-11-18(17)32-21(19)25-20(28)15-8-5-4-6-9-15/h13,15H,3-12H2,1-2H3,(H,25,28). The molecule has 2 aliphatic rings. The third-order valence-corrected chi connectivity index (χ3v) is 8.28. The van der Waals surface area contributed by atoms with Crippen LogP contribution in [0.1, 0.15) is 78.9 Å². The molecule has 0 aliphatic heterocycles. The fourth-order valence-electron chi connectivity index (χ4n) is 4.48. The molecule has 0 aromatic carbocycles. The first kappa shape index (κ1) is 22.9. The van der Waals surface area contributed by atoms with Crippen molar-refractivity contribution in [1.29, 1.82) is 0 Å².